The first-order valence-electron chi connectivity index (χ1n) is 7.36. The Balaban J connectivity index is 2.01. The van der Waals surface area contributed by atoms with Crippen LogP contribution < -0.4 is 10.1 Å². The van der Waals surface area contributed by atoms with E-state index in [9.17, 15) is 0 Å². The molecule has 1 N–H and O–H groups in total. The molecule has 1 aromatic carbocycles. The van der Waals surface area contributed by atoms with E-state index >= 15 is 0 Å². The van der Waals surface area contributed by atoms with Crippen LogP contribution in [0, 0.1) is 0 Å². The van der Waals surface area contributed by atoms with E-state index in [1.807, 2.05) is 7.05 Å². The zero-order valence-corrected chi connectivity index (χ0v) is 12.0. The molecule has 1 aliphatic heterocycles. The van der Waals surface area contributed by atoms with Crippen LogP contribution >= 0.6 is 0 Å². The van der Waals surface area contributed by atoms with Gasteiger partial charge in [0.25, 0.3) is 0 Å². The highest BCUT2D eigenvalue weighted by Gasteiger charge is 2.24. The van der Waals surface area contributed by atoms with Crippen LogP contribution in [0.25, 0.3) is 0 Å². The number of ether oxygens (including phenoxy) is 2. The summed E-state index contributed by atoms with van der Waals surface area (Å²) < 4.78 is 11.5. The SMILES string of the molecule is CCCOc1ccc(C(NC)C2CCCCO2)cc1. The van der Waals surface area contributed by atoms with Gasteiger partial charge in [0.15, 0.2) is 0 Å². The molecule has 2 atom stereocenters. The molecule has 0 bridgehead atoms. The second kappa shape index (κ2) is 7.51. The zero-order chi connectivity index (χ0) is 13.5. The smallest absolute Gasteiger partial charge is 0.119 e. The summed E-state index contributed by atoms with van der Waals surface area (Å²) in [4.78, 5) is 0. The summed E-state index contributed by atoms with van der Waals surface area (Å²) in [6.07, 6.45) is 4.93. The fourth-order valence-corrected chi connectivity index (χ4v) is 2.59. The standard InChI is InChI=1S/C16H25NO2/c1-3-11-18-14-9-7-13(8-10-14)16(17-2)15-6-4-5-12-19-15/h7-10,15-17H,3-6,11-12H2,1-2H3. The van der Waals surface area contributed by atoms with Gasteiger partial charge in [0, 0.05) is 6.61 Å². The van der Waals surface area contributed by atoms with Gasteiger partial charge in [-0.25, -0.2) is 0 Å². The van der Waals surface area contributed by atoms with Crippen LogP contribution in [-0.2, 0) is 4.74 Å². The zero-order valence-electron chi connectivity index (χ0n) is 12.0. The van der Waals surface area contributed by atoms with Crippen LogP contribution in [-0.4, -0.2) is 26.4 Å². The Bertz CT molecular complexity index is 358. The van der Waals surface area contributed by atoms with E-state index in [1.54, 1.807) is 0 Å². The van der Waals surface area contributed by atoms with Crippen LogP contribution in [0.1, 0.15) is 44.2 Å². The molecule has 0 radical (unpaired) electrons. The summed E-state index contributed by atoms with van der Waals surface area (Å²) in [6, 6.07) is 8.67. The average Bonchev–Trinajstić information content (AvgIpc) is 2.48. The molecule has 0 aliphatic carbocycles. The monoisotopic (exact) mass is 263 g/mol. The third-order valence-corrected chi connectivity index (χ3v) is 3.61. The minimum Gasteiger partial charge on any atom is -0.494 e. The number of nitrogens with one attached hydrogen (secondary N) is 1. The van der Waals surface area contributed by atoms with Gasteiger partial charge < -0.3 is 14.8 Å². The number of rotatable bonds is 6. The first kappa shape index (κ1) is 14.4. The minimum atomic E-state index is 0.278. The summed E-state index contributed by atoms with van der Waals surface area (Å²) >= 11 is 0. The molecule has 0 saturated carbocycles. The number of hydrogen-bond acceptors (Lipinski definition) is 3. The van der Waals surface area contributed by atoms with E-state index < -0.39 is 0 Å². The van der Waals surface area contributed by atoms with Crippen molar-refractivity contribution < 1.29 is 9.47 Å². The van der Waals surface area contributed by atoms with Crippen molar-refractivity contribution in [2.75, 3.05) is 20.3 Å². The first-order chi connectivity index (χ1) is 9.35. The van der Waals surface area contributed by atoms with Gasteiger partial charge in [-0.05, 0) is 50.4 Å². The molecule has 19 heavy (non-hydrogen) atoms. The van der Waals surface area contributed by atoms with Crippen molar-refractivity contribution in [1.29, 1.82) is 0 Å². The quantitative estimate of drug-likeness (QED) is 0.854. The lowest BCUT2D eigenvalue weighted by Gasteiger charge is -2.30. The van der Waals surface area contributed by atoms with Crippen LogP contribution in [0.5, 0.6) is 5.75 Å². The molecule has 0 aromatic heterocycles. The first-order valence-corrected chi connectivity index (χ1v) is 7.36. The third kappa shape index (κ3) is 3.95. The van der Waals surface area contributed by atoms with Gasteiger partial charge in [0.05, 0.1) is 18.8 Å². The van der Waals surface area contributed by atoms with E-state index in [0.29, 0.717) is 6.10 Å². The fraction of sp³-hybridized carbons (Fsp3) is 0.625. The Labute approximate surface area is 116 Å². The highest BCUT2D eigenvalue weighted by atomic mass is 16.5. The van der Waals surface area contributed by atoms with Crippen molar-refractivity contribution in [3.8, 4) is 5.75 Å². The Hall–Kier alpha value is -1.06. The van der Waals surface area contributed by atoms with Crippen molar-refractivity contribution in [3.05, 3.63) is 29.8 Å². The van der Waals surface area contributed by atoms with E-state index in [2.05, 4.69) is 36.5 Å². The van der Waals surface area contributed by atoms with E-state index in [1.165, 1.54) is 18.4 Å². The summed E-state index contributed by atoms with van der Waals surface area (Å²) in [5, 5.41) is 3.38. The summed E-state index contributed by atoms with van der Waals surface area (Å²) in [5.74, 6) is 0.949. The molecule has 2 unspecified atom stereocenters. The lowest BCUT2D eigenvalue weighted by molar-refractivity contribution is -0.00663. The maximum absolute atomic E-state index is 5.89. The van der Waals surface area contributed by atoms with Crippen molar-refractivity contribution in [1.82, 2.24) is 5.32 Å². The third-order valence-electron chi connectivity index (χ3n) is 3.61. The second-order valence-corrected chi connectivity index (χ2v) is 5.09. The summed E-state index contributed by atoms with van der Waals surface area (Å²) in [5.41, 5.74) is 1.28. The normalized spacial score (nSPS) is 21.1. The highest BCUT2D eigenvalue weighted by Crippen LogP contribution is 2.27. The second-order valence-electron chi connectivity index (χ2n) is 5.09. The number of likely N-dealkylation sites (N-methyl/N-ethyl adjacent to an activating group) is 1. The molecule has 1 aliphatic rings. The molecule has 2 rings (SSSR count). The molecular formula is C16H25NO2. The molecule has 3 heteroatoms. The Kier molecular flexibility index (Phi) is 5.67. The van der Waals surface area contributed by atoms with Gasteiger partial charge in [-0.3, -0.25) is 0 Å². The highest BCUT2D eigenvalue weighted by molar-refractivity contribution is 5.29. The lowest BCUT2D eigenvalue weighted by Crippen LogP contribution is -2.34. The van der Waals surface area contributed by atoms with Crippen LogP contribution in [0.15, 0.2) is 24.3 Å². The van der Waals surface area contributed by atoms with Gasteiger partial charge in [-0.1, -0.05) is 19.1 Å². The van der Waals surface area contributed by atoms with Crippen molar-refractivity contribution in [2.45, 2.75) is 44.8 Å². The van der Waals surface area contributed by atoms with Gasteiger partial charge in [0.1, 0.15) is 5.75 Å². The molecule has 3 nitrogen and oxygen atoms in total. The van der Waals surface area contributed by atoms with Crippen LogP contribution in [0.2, 0.25) is 0 Å². The largest absolute Gasteiger partial charge is 0.494 e. The van der Waals surface area contributed by atoms with Crippen molar-refractivity contribution >= 4 is 0 Å². The van der Waals surface area contributed by atoms with E-state index in [-0.39, 0.29) is 6.04 Å². The average molecular weight is 263 g/mol. The molecule has 1 fully saturated rings. The summed E-state index contributed by atoms with van der Waals surface area (Å²) in [6.45, 7) is 3.78. The molecular weight excluding hydrogens is 238 g/mol. The Morgan fingerprint density at radius 2 is 2.11 bits per heavy atom. The van der Waals surface area contributed by atoms with E-state index in [4.69, 9.17) is 9.47 Å². The van der Waals surface area contributed by atoms with Crippen molar-refractivity contribution in [3.63, 3.8) is 0 Å². The van der Waals surface area contributed by atoms with Crippen molar-refractivity contribution in [2.24, 2.45) is 0 Å². The van der Waals surface area contributed by atoms with Gasteiger partial charge in [-0.2, -0.15) is 0 Å². The fourth-order valence-electron chi connectivity index (χ4n) is 2.59. The molecule has 1 aromatic rings. The van der Waals surface area contributed by atoms with Crippen LogP contribution in [0.4, 0.5) is 0 Å². The lowest BCUT2D eigenvalue weighted by atomic mass is 9.96. The maximum atomic E-state index is 5.89. The topological polar surface area (TPSA) is 30.5 Å². The predicted molar refractivity (Wildman–Crippen MR) is 77.6 cm³/mol. The molecule has 0 spiro atoms. The number of benzene rings is 1. The van der Waals surface area contributed by atoms with Gasteiger partial charge >= 0.3 is 0 Å². The number of hydrogen-bond donors (Lipinski definition) is 1. The van der Waals surface area contributed by atoms with Gasteiger partial charge in [-0.15, -0.1) is 0 Å². The van der Waals surface area contributed by atoms with Gasteiger partial charge in [0.2, 0.25) is 0 Å². The maximum Gasteiger partial charge on any atom is 0.119 e. The minimum absolute atomic E-state index is 0.278. The Morgan fingerprint density at radius 3 is 2.68 bits per heavy atom. The molecule has 0 amide bonds. The summed E-state index contributed by atoms with van der Waals surface area (Å²) in [7, 11) is 2.00. The van der Waals surface area contributed by atoms with Crippen LogP contribution in [0.3, 0.4) is 0 Å². The Morgan fingerprint density at radius 1 is 1.32 bits per heavy atom. The molecule has 1 heterocycles. The predicted octanol–water partition coefficient (Wildman–Crippen LogP) is 3.31. The van der Waals surface area contributed by atoms with E-state index in [0.717, 1.165) is 31.8 Å². The molecule has 106 valence electrons. The molecule has 1 saturated heterocycles.